The standard InChI is InChI=1S/C7H12N2O4/c1-12-6(10)4-3-5(9-8-4)7(11)13-2/h4-5,8-9H,3H2,1-2H3. The Balaban J connectivity index is 2.44. The highest BCUT2D eigenvalue weighted by atomic mass is 16.5. The molecule has 2 unspecified atom stereocenters. The first-order valence-corrected chi connectivity index (χ1v) is 3.85. The molecule has 74 valence electrons. The van der Waals surface area contributed by atoms with Gasteiger partial charge in [-0.15, -0.1) is 0 Å². The number of esters is 2. The lowest BCUT2D eigenvalue weighted by atomic mass is 10.1. The second-order valence-electron chi connectivity index (χ2n) is 2.68. The van der Waals surface area contributed by atoms with Crippen molar-refractivity contribution in [3.8, 4) is 0 Å². The van der Waals surface area contributed by atoms with Crippen LogP contribution < -0.4 is 10.9 Å². The highest BCUT2D eigenvalue weighted by Gasteiger charge is 2.34. The van der Waals surface area contributed by atoms with Crippen molar-refractivity contribution >= 4 is 11.9 Å². The van der Waals surface area contributed by atoms with Crippen molar-refractivity contribution in [2.75, 3.05) is 14.2 Å². The van der Waals surface area contributed by atoms with Gasteiger partial charge in [0.2, 0.25) is 0 Å². The van der Waals surface area contributed by atoms with E-state index in [9.17, 15) is 9.59 Å². The maximum atomic E-state index is 11.0. The van der Waals surface area contributed by atoms with Gasteiger partial charge in [-0.2, -0.15) is 0 Å². The van der Waals surface area contributed by atoms with E-state index in [4.69, 9.17) is 0 Å². The molecule has 6 heteroatoms. The van der Waals surface area contributed by atoms with Crippen molar-refractivity contribution in [3.05, 3.63) is 0 Å². The summed E-state index contributed by atoms with van der Waals surface area (Å²) in [5, 5.41) is 0. The Kier molecular flexibility index (Phi) is 3.21. The van der Waals surface area contributed by atoms with Crippen molar-refractivity contribution in [2.24, 2.45) is 0 Å². The third-order valence-electron chi connectivity index (χ3n) is 1.87. The fraction of sp³-hybridized carbons (Fsp3) is 0.714. The summed E-state index contributed by atoms with van der Waals surface area (Å²) < 4.78 is 9.00. The Morgan fingerprint density at radius 2 is 1.46 bits per heavy atom. The van der Waals surface area contributed by atoms with Gasteiger partial charge in [-0.25, -0.2) is 10.9 Å². The lowest BCUT2D eigenvalue weighted by Gasteiger charge is -2.05. The molecule has 1 aliphatic heterocycles. The molecule has 13 heavy (non-hydrogen) atoms. The van der Waals surface area contributed by atoms with Crippen LogP contribution in [0, 0.1) is 0 Å². The van der Waals surface area contributed by atoms with E-state index in [1.54, 1.807) is 0 Å². The molecule has 2 atom stereocenters. The summed E-state index contributed by atoms with van der Waals surface area (Å²) in [5.74, 6) is -0.780. The largest absolute Gasteiger partial charge is 0.468 e. The minimum absolute atomic E-state index is 0.347. The van der Waals surface area contributed by atoms with E-state index in [0.29, 0.717) is 6.42 Å². The summed E-state index contributed by atoms with van der Waals surface area (Å²) >= 11 is 0. The first-order valence-electron chi connectivity index (χ1n) is 3.85. The molecule has 0 radical (unpaired) electrons. The van der Waals surface area contributed by atoms with Gasteiger partial charge in [0, 0.05) is 6.42 Å². The van der Waals surface area contributed by atoms with E-state index in [1.807, 2.05) is 0 Å². The normalized spacial score (nSPS) is 26.9. The number of carbonyl (C=O) groups excluding carboxylic acids is 2. The quantitative estimate of drug-likeness (QED) is 0.517. The minimum Gasteiger partial charge on any atom is -0.468 e. The average Bonchev–Trinajstić information content (AvgIpc) is 2.64. The van der Waals surface area contributed by atoms with Gasteiger partial charge in [-0.05, 0) is 0 Å². The molecule has 0 aromatic rings. The van der Waals surface area contributed by atoms with Gasteiger partial charge in [-0.3, -0.25) is 9.59 Å². The SMILES string of the molecule is COC(=O)C1CC(C(=O)OC)NN1. The molecular weight excluding hydrogens is 176 g/mol. The molecule has 2 N–H and O–H groups in total. The summed E-state index contributed by atoms with van der Waals surface area (Å²) in [6.07, 6.45) is 0.347. The van der Waals surface area contributed by atoms with Gasteiger partial charge < -0.3 is 9.47 Å². The minimum atomic E-state index is -0.478. The second-order valence-corrected chi connectivity index (χ2v) is 2.68. The first-order chi connectivity index (χ1) is 6.19. The highest BCUT2D eigenvalue weighted by Crippen LogP contribution is 2.07. The van der Waals surface area contributed by atoms with Gasteiger partial charge in [0.05, 0.1) is 14.2 Å². The van der Waals surface area contributed by atoms with E-state index >= 15 is 0 Å². The monoisotopic (exact) mass is 188 g/mol. The molecule has 0 aliphatic carbocycles. The molecule has 0 bridgehead atoms. The molecule has 1 fully saturated rings. The van der Waals surface area contributed by atoms with Gasteiger partial charge in [0.15, 0.2) is 0 Å². The van der Waals surface area contributed by atoms with Crippen LogP contribution in [-0.2, 0) is 19.1 Å². The average molecular weight is 188 g/mol. The van der Waals surface area contributed by atoms with Crippen LogP contribution in [-0.4, -0.2) is 38.2 Å². The van der Waals surface area contributed by atoms with Crippen LogP contribution in [0.25, 0.3) is 0 Å². The molecule has 1 heterocycles. The van der Waals surface area contributed by atoms with Crippen LogP contribution in [0.5, 0.6) is 0 Å². The number of methoxy groups -OCH3 is 2. The lowest BCUT2D eigenvalue weighted by molar-refractivity contribution is -0.143. The van der Waals surface area contributed by atoms with Crippen molar-refractivity contribution in [2.45, 2.75) is 18.5 Å². The summed E-state index contributed by atoms with van der Waals surface area (Å²) in [7, 11) is 2.60. The van der Waals surface area contributed by atoms with Crippen molar-refractivity contribution in [3.63, 3.8) is 0 Å². The Bertz CT molecular complexity index is 197. The molecule has 0 spiro atoms. The highest BCUT2D eigenvalue weighted by molar-refractivity contribution is 5.81. The van der Waals surface area contributed by atoms with E-state index in [1.165, 1.54) is 14.2 Å². The van der Waals surface area contributed by atoms with Crippen LogP contribution in [0.15, 0.2) is 0 Å². The zero-order valence-corrected chi connectivity index (χ0v) is 7.49. The number of ether oxygens (including phenoxy) is 2. The number of hydrogen-bond donors (Lipinski definition) is 2. The van der Waals surface area contributed by atoms with Crippen LogP contribution in [0.2, 0.25) is 0 Å². The van der Waals surface area contributed by atoms with Crippen LogP contribution in [0.3, 0.4) is 0 Å². The van der Waals surface area contributed by atoms with Gasteiger partial charge in [0.1, 0.15) is 12.1 Å². The van der Waals surface area contributed by atoms with Crippen LogP contribution in [0.4, 0.5) is 0 Å². The fourth-order valence-corrected chi connectivity index (χ4v) is 1.15. The number of hydrogen-bond acceptors (Lipinski definition) is 6. The summed E-state index contributed by atoms with van der Waals surface area (Å²) in [6.45, 7) is 0. The van der Waals surface area contributed by atoms with Crippen LogP contribution >= 0.6 is 0 Å². The predicted octanol–water partition coefficient (Wildman–Crippen LogP) is -1.43. The summed E-state index contributed by atoms with van der Waals surface area (Å²) in [6, 6.07) is -0.955. The van der Waals surface area contributed by atoms with Crippen molar-refractivity contribution in [1.29, 1.82) is 0 Å². The third-order valence-corrected chi connectivity index (χ3v) is 1.87. The van der Waals surface area contributed by atoms with Crippen LogP contribution in [0.1, 0.15) is 6.42 Å². The zero-order valence-electron chi connectivity index (χ0n) is 7.49. The molecule has 1 aliphatic rings. The topological polar surface area (TPSA) is 76.7 Å². The molecule has 6 nitrogen and oxygen atoms in total. The fourth-order valence-electron chi connectivity index (χ4n) is 1.15. The molecule has 0 saturated carbocycles. The lowest BCUT2D eigenvalue weighted by Crippen LogP contribution is -2.40. The predicted molar refractivity (Wildman–Crippen MR) is 42.5 cm³/mol. The van der Waals surface area contributed by atoms with E-state index in [-0.39, 0.29) is 11.9 Å². The smallest absolute Gasteiger partial charge is 0.324 e. The Labute approximate surface area is 75.5 Å². The van der Waals surface area contributed by atoms with E-state index in [0.717, 1.165) is 0 Å². The first kappa shape index (κ1) is 9.94. The molecule has 0 amide bonds. The number of carbonyl (C=O) groups is 2. The number of hydrazine groups is 1. The summed E-state index contributed by atoms with van der Waals surface area (Å²) in [5.41, 5.74) is 5.29. The molecule has 1 saturated heterocycles. The zero-order chi connectivity index (χ0) is 9.84. The number of rotatable bonds is 2. The van der Waals surface area contributed by atoms with E-state index < -0.39 is 12.1 Å². The second kappa shape index (κ2) is 4.20. The molecular formula is C7H12N2O4. The third kappa shape index (κ3) is 2.16. The number of nitrogens with one attached hydrogen (secondary N) is 2. The maximum Gasteiger partial charge on any atom is 0.324 e. The van der Waals surface area contributed by atoms with E-state index in [2.05, 4.69) is 20.3 Å². The Hall–Kier alpha value is -1.14. The Morgan fingerprint density at radius 1 is 1.08 bits per heavy atom. The molecule has 1 rings (SSSR count). The molecule has 0 aromatic heterocycles. The summed E-state index contributed by atoms with van der Waals surface area (Å²) in [4.78, 5) is 22.0. The van der Waals surface area contributed by atoms with Gasteiger partial charge >= 0.3 is 11.9 Å². The maximum absolute atomic E-state index is 11.0. The van der Waals surface area contributed by atoms with Gasteiger partial charge in [-0.1, -0.05) is 0 Å². The van der Waals surface area contributed by atoms with Crippen molar-refractivity contribution in [1.82, 2.24) is 10.9 Å². The van der Waals surface area contributed by atoms with Crippen molar-refractivity contribution < 1.29 is 19.1 Å². The molecule has 0 aromatic carbocycles. The Morgan fingerprint density at radius 3 is 1.77 bits per heavy atom. The van der Waals surface area contributed by atoms with Gasteiger partial charge in [0.25, 0.3) is 0 Å².